The quantitative estimate of drug-likeness (QED) is 0.444. The molecule has 0 bridgehead atoms. The summed E-state index contributed by atoms with van der Waals surface area (Å²) in [5, 5.41) is 21.8. The molecule has 2 aromatic heterocycles. The molecule has 4 N–H and O–H groups in total. The van der Waals surface area contributed by atoms with Crippen molar-refractivity contribution in [2.24, 2.45) is 11.1 Å². The Morgan fingerprint density at radius 3 is 2.57 bits per heavy atom. The van der Waals surface area contributed by atoms with Crippen molar-refractivity contribution in [1.29, 1.82) is 0 Å². The Hall–Kier alpha value is -3.54. The van der Waals surface area contributed by atoms with Crippen LogP contribution in [0.2, 0.25) is 0 Å². The zero-order valence-electron chi connectivity index (χ0n) is 21.6. The third kappa shape index (κ3) is 6.07. The summed E-state index contributed by atoms with van der Waals surface area (Å²) in [6, 6.07) is 0.893. The van der Waals surface area contributed by atoms with Gasteiger partial charge in [0.05, 0.1) is 31.4 Å². The molecular formula is C25H35N7O5. The standard InChI is InChI=1S/C25H35N7O5/c1-25(2,3)22(32-13-18(29-30-32)14-5-6-14)24(36)31-12-16(33)9-19(31)23(35)28-17(10-20(26)34)15-7-8-21(37-4)27-11-15/h7-8,11,13-14,16-17,19,22,33H,5-6,9-10,12H2,1-4H3,(H2,26,34)(H,28,35)/t16-,17?,19+,22-/m0/s1. The highest BCUT2D eigenvalue weighted by molar-refractivity contribution is 5.90. The number of carbonyl (C=O) groups excluding carboxylic acids is 3. The number of primary amides is 1. The number of rotatable bonds is 9. The summed E-state index contributed by atoms with van der Waals surface area (Å²) in [6.45, 7) is 5.79. The minimum absolute atomic E-state index is 0.0122. The van der Waals surface area contributed by atoms with Gasteiger partial charge in [-0.1, -0.05) is 32.1 Å². The van der Waals surface area contributed by atoms with Crippen molar-refractivity contribution < 1.29 is 24.2 Å². The summed E-state index contributed by atoms with van der Waals surface area (Å²) < 4.78 is 6.65. The molecule has 2 aliphatic rings. The minimum atomic E-state index is -0.930. The maximum Gasteiger partial charge on any atom is 0.248 e. The van der Waals surface area contributed by atoms with Gasteiger partial charge in [0.25, 0.3) is 0 Å². The van der Waals surface area contributed by atoms with E-state index in [1.807, 2.05) is 27.0 Å². The molecule has 4 rings (SSSR count). The number of nitrogens with zero attached hydrogens (tertiary/aromatic N) is 5. The summed E-state index contributed by atoms with van der Waals surface area (Å²) in [7, 11) is 1.48. The largest absolute Gasteiger partial charge is 0.481 e. The molecule has 2 fully saturated rings. The van der Waals surface area contributed by atoms with Crippen molar-refractivity contribution in [2.45, 2.75) is 76.6 Å². The Balaban J connectivity index is 1.56. The predicted molar refractivity (Wildman–Crippen MR) is 132 cm³/mol. The smallest absolute Gasteiger partial charge is 0.248 e. The van der Waals surface area contributed by atoms with Crippen LogP contribution in [-0.2, 0) is 14.4 Å². The number of β-amino-alcohol motifs (C(OH)–C–C–N with tert-alkyl or cyclic N) is 1. The topological polar surface area (TPSA) is 166 Å². The number of aliphatic hydroxyl groups excluding tert-OH is 1. The van der Waals surface area contributed by atoms with Crippen LogP contribution in [0.15, 0.2) is 24.5 Å². The van der Waals surface area contributed by atoms with E-state index in [1.54, 1.807) is 16.8 Å². The number of likely N-dealkylation sites (tertiary alicyclic amines) is 1. The third-order valence-corrected chi connectivity index (χ3v) is 6.80. The molecule has 12 heteroatoms. The van der Waals surface area contributed by atoms with E-state index in [0.717, 1.165) is 18.5 Å². The molecule has 3 heterocycles. The van der Waals surface area contributed by atoms with Crippen LogP contribution in [-0.4, -0.2) is 73.5 Å². The first-order valence-electron chi connectivity index (χ1n) is 12.5. The number of carbonyl (C=O) groups is 3. The Morgan fingerprint density at radius 1 is 1.27 bits per heavy atom. The molecule has 0 radical (unpaired) electrons. The molecule has 2 aromatic rings. The number of hydrogen-bond acceptors (Lipinski definition) is 8. The highest BCUT2D eigenvalue weighted by atomic mass is 16.5. The Bertz CT molecular complexity index is 1140. The van der Waals surface area contributed by atoms with E-state index in [1.165, 1.54) is 18.2 Å². The number of ether oxygens (including phenoxy) is 1. The fourth-order valence-corrected chi connectivity index (χ4v) is 4.77. The van der Waals surface area contributed by atoms with Gasteiger partial charge in [0, 0.05) is 37.3 Å². The Labute approximate surface area is 215 Å². The first-order chi connectivity index (χ1) is 17.5. The maximum atomic E-state index is 13.9. The van der Waals surface area contributed by atoms with Crippen LogP contribution in [0.5, 0.6) is 5.88 Å². The number of amides is 3. The first-order valence-corrected chi connectivity index (χ1v) is 12.5. The van der Waals surface area contributed by atoms with Gasteiger partial charge in [-0.3, -0.25) is 14.4 Å². The van der Waals surface area contributed by atoms with Gasteiger partial charge in [-0.25, -0.2) is 9.67 Å². The van der Waals surface area contributed by atoms with Crippen molar-refractivity contribution >= 4 is 17.7 Å². The van der Waals surface area contributed by atoms with Crippen molar-refractivity contribution in [1.82, 2.24) is 30.2 Å². The fraction of sp³-hybridized carbons (Fsp3) is 0.600. The average Bonchev–Trinajstić information content (AvgIpc) is 3.44. The van der Waals surface area contributed by atoms with Gasteiger partial charge in [-0.05, 0) is 23.8 Å². The van der Waals surface area contributed by atoms with E-state index in [4.69, 9.17) is 10.5 Å². The van der Waals surface area contributed by atoms with Crippen molar-refractivity contribution in [3.8, 4) is 5.88 Å². The number of pyridine rings is 1. The van der Waals surface area contributed by atoms with Gasteiger partial charge in [0.15, 0.2) is 0 Å². The summed E-state index contributed by atoms with van der Waals surface area (Å²) in [5.74, 6) is -0.655. The molecule has 0 spiro atoms. The summed E-state index contributed by atoms with van der Waals surface area (Å²) in [6.07, 6.45) is 4.48. The average molecular weight is 514 g/mol. The molecule has 3 amide bonds. The second kappa shape index (κ2) is 10.4. The fourth-order valence-electron chi connectivity index (χ4n) is 4.77. The lowest BCUT2D eigenvalue weighted by atomic mass is 9.85. The SMILES string of the molecule is COc1ccc(C(CC(N)=O)NC(=O)[C@H]2C[C@H](O)CN2C(=O)[C@H](n2cc(C3CC3)nn2)C(C)(C)C)cn1. The molecule has 200 valence electrons. The normalized spacial score (nSPS) is 21.4. The predicted octanol–water partition coefficient (Wildman–Crippen LogP) is 0.841. The minimum Gasteiger partial charge on any atom is -0.481 e. The third-order valence-electron chi connectivity index (χ3n) is 6.80. The molecule has 1 unspecified atom stereocenters. The van der Waals surface area contributed by atoms with Crippen LogP contribution in [0.25, 0.3) is 0 Å². The second-order valence-electron chi connectivity index (χ2n) is 10.9. The number of nitrogens with two attached hydrogens (primary N) is 1. The van der Waals surface area contributed by atoms with Crippen LogP contribution < -0.4 is 15.8 Å². The molecule has 1 aliphatic heterocycles. The van der Waals surface area contributed by atoms with Gasteiger partial charge in [0.1, 0.15) is 12.1 Å². The lowest BCUT2D eigenvalue weighted by molar-refractivity contribution is -0.144. The van der Waals surface area contributed by atoms with Crippen LogP contribution in [0, 0.1) is 5.41 Å². The van der Waals surface area contributed by atoms with Gasteiger partial charge >= 0.3 is 0 Å². The van der Waals surface area contributed by atoms with Crippen LogP contribution >= 0.6 is 0 Å². The summed E-state index contributed by atoms with van der Waals surface area (Å²) in [4.78, 5) is 44.7. The highest BCUT2D eigenvalue weighted by Gasteiger charge is 2.45. The molecule has 0 aromatic carbocycles. The number of aliphatic hydroxyl groups is 1. The zero-order valence-corrected chi connectivity index (χ0v) is 21.6. The van der Waals surface area contributed by atoms with Gasteiger partial charge < -0.3 is 25.8 Å². The van der Waals surface area contributed by atoms with Crippen LogP contribution in [0.1, 0.15) is 75.7 Å². The number of hydrogen-bond donors (Lipinski definition) is 3. The van der Waals surface area contributed by atoms with Gasteiger partial charge in [-0.2, -0.15) is 0 Å². The number of aromatic nitrogens is 4. The second-order valence-corrected chi connectivity index (χ2v) is 10.9. The lowest BCUT2D eigenvalue weighted by Crippen LogP contribution is -2.51. The van der Waals surface area contributed by atoms with Crippen molar-refractivity contribution in [3.63, 3.8) is 0 Å². The molecule has 12 nitrogen and oxygen atoms in total. The Morgan fingerprint density at radius 2 is 2.00 bits per heavy atom. The summed E-state index contributed by atoms with van der Waals surface area (Å²) in [5.41, 5.74) is 6.32. The maximum absolute atomic E-state index is 13.9. The van der Waals surface area contributed by atoms with E-state index >= 15 is 0 Å². The van der Waals surface area contributed by atoms with E-state index < -0.39 is 41.5 Å². The summed E-state index contributed by atoms with van der Waals surface area (Å²) >= 11 is 0. The number of nitrogens with one attached hydrogen (secondary N) is 1. The van der Waals surface area contributed by atoms with Crippen LogP contribution in [0.3, 0.4) is 0 Å². The molecule has 1 saturated carbocycles. The lowest BCUT2D eigenvalue weighted by Gasteiger charge is -2.35. The molecular weight excluding hydrogens is 478 g/mol. The van der Waals surface area contributed by atoms with E-state index in [0.29, 0.717) is 17.4 Å². The van der Waals surface area contributed by atoms with E-state index in [9.17, 15) is 19.5 Å². The van der Waals surface area contributed by atoms with E-state index in [2.05, 4.69) is 20.6 Å². The van der Waals surface area contributed by atoms with Gasteiger partial charge in [0.2, 0.25) is 23.6 Å². The number of methoxy groups -OCH3 is 1. The first kappa shape index (κ1) is 26.5. The molecule has 37 heavy (non-hydrogen) atoms. The van der Waals surface area contributed by atoms with Crippen molar-refractivity contribution in [3.05, 3.63) is 35.8 Å². The molecule has 4 atom stereocenters. The monoisotopic (exact) mass is 513 g/mol. The van der Waals surface area contributed by atoms with E-state index in [-0.39, 0.29) is 25.3 Å². The van der Waals surface area contributed by atoms with Crippen molar-refractivity contribution in [2.75, 3.05) is 13.7 Å². The van der Waals surface area contributed by atoms with Gasteiger partial charge in [-0.15, -0.1) is 5.10 Å². The zero-order chi connectivity index (χ0) is 26.9. The molecule has 1 aliphatic carbocycles. The molecule has 1 saturated heterocycles. The highest BCUT2D eigenvalue weighted by Crippen LogP contribution is 2.40. The van der Waals surface area contributed by atoms with Crippen LogP contribution in [0.4, 0.5) is 0 Å². The Kier molecular flexibility index (Phi) is 7.49.